The van der Waals surface area contributed by atoms with E-state index in [9.17, 15) is 14.4 Å². The number of carbonyl (C=O) groups excluding carboxylic acids is 3. The lowest BCUT2D eigenvalue weighted by atomic mass is 9.80. The molecule has 0 unspecified atom stereocenters. The molecule has 2 heterocycles. The van der Waals surface area contributed by atoms with Gasteiger partial charge in [-0.3, -0.25) is 14.4 Å². The first-order valence-electron chi connectivity index (χ1n) is 19.3. The van der Waals surface area contributed by atoms with Crippen LogP contribution in [0.1, 0.15) is 142 Å². The van der Waals surface area contributed by atoms with Gasteiger partial charge in [-0.1, -0.05) is 65.2 Å². The molecule has 2 aromatic heterocycles. The number of hydrogen-bond donors (Lipinski definition) is 0. The van der Waals surface area contributed by atoms with Gasteiger partial charge in [0.1, 0.15) is 5.78 Å². The standard InChI is InChI=1S/C39H58N4O7/c1-3-9-38(45)49-36-25-23-34(40-42-36)47-27-31-19-15-29(16-20-31)11-5-7-13-33(44)14-8-6-12-30-17-21-32(22-18-30)28-48-35-24-26-37(43-41-35)50-39(46)10-4-2/h23-26,29-32H,3-22,27-28H2,1-2H3/t29-,30?,31-,32?. The molecule has 0 radical (unpaired) electrons. The molecule has 0 amide bonds. The maximum Gasteiger partial charge on any atom is 0.312 e. The predicted molar refractivity (Wildman–Crippen MR) is 189 cm³/mol. The van der Waals surface area contributed by atoms with Gasteiger partial charge in [0.15, 0.2) is 0 Å². The number of aromatic nitrogens is 4. The van der Waals surface area contributed by atoms with E-state index in [4.69, 9.17) is 18.9 Å². The molecule has 0 aliphatic heterocycles. The van der Waals surface area contributed by atoms with Gasteiger partial charge in [-0.15, -0.1) is 20.4 Å². The van der Waals surface area contributed by atoms with E-state index in [-0.39, 0.29) is 23.7 Å². The molecule has 276 valence electrons. The van der Waals surface area contributed by atoms with Gasteiger partial charge >= 0.3 is 11.9 Å². The highest BCUT2D eigenvalue weighted by molar-refractivity contribution is 5.78. The third-order valence-corrected chi connectivity index (χ3v) is 10.1. The quantitative estimate of drug-likeness (QED) is 0.0866. The molecule has 50 heavy (non-hydrogen) atoms. The minimum atomic E-state index is -0.300. The van der Waals surface area contributed by atoms with Gasteiger partial charge in [0, 0.05) is 49.9 Å². The number of ether oxygens (including phenoxy) is 4. The van der Waals surface area contributed by atoms with Crippen molar-refractivity contribution in [3.05, 3.63) is 24.3 Å². The minimum absolute atomic E-state index is 0.206. The highest BCUT2D eigenvalue weighted by Gasteiger charge is 2.23. The summed E-state index contributed by atoms with van der Waals surface area (Å²) in [7, 11) is 0. The Hall–Kier alpha value is -3.63. The van der Waals surface area contributed by atoms with Gasteiger partial charge in [-0.25, -0.2) is 0 Å². The number of unbranched alkanes of at least 4 members (excludes halogenated alkanes) is 2. The van der Waals surface area contributed by atoms with Crippen LogP contribution in [0.15, 0.2) is 24.3 Å². The zero-order chi connectivity index (χ0) is 35.4. The number of esters is 2. The molecule has 11 heteroatoms. The van der Waals surface area contributed by atoms with E-state index in [0.29, 0.717) is 55.4 Å². The first-order chi connectivity index (χ1) is 24.4. The number of hydrogen-bond acceptors (Lipinski definition) is 11. The van der Waals surface area contributed by atoms with Crippen molar-refractivity contribution in [2.75, 3.05) is 13.2 Å². The maximum atomic E-state index is 12.5. The number of Topliss-reactive ketones (excluding diaryl/α,β-unsaturated/α-hetero) is 1. The van der Waals surface area contributed by atoms with E-state index in [1.54, 1.807) is 24.3 Å². The van der Waals surface area contributed by atoms with Gasteiger partial charge in [0.2, 0.25) is 23.5 Å². The molecular formula is C39H58N4O7. The molecule has 0 saturated heterocycles. The summed E-state index contributed by atoms with van der Waals surface area (Å²) in [5, 5.41) is 15.9. The number of nitrogens with zero attached hydrogens (tertiary/aromatic N) is 4. The van der Waals surface area contributed by atoms with Crippen molar-refractivity contribution in [3.8, 4) is 23.5 Å². The van der Waals surface area contributed by atoms with Crippen LogP contribution in [0.2, 0.25) is 0 Å². The molecule has 0 N–H and O–H groups in total. The third kappa shape index (κ3) is 15.1. The Kier molecular flexibility index (Phi) is 17.4. The van der Waals surface area contributed by atoms with Crippen molar-refractivity contribution in [2.45, 2.75) is 142 Å². The van der Waals surface area contributed by atoms with Crippen LogP contribution in [0.5, 0.6) is 23.5 Å². The Morgan fingerprint density at radius 1 is 0.520 bits per heavy atom. The molecule has 0 atom stereocenters. The monoisotopic (exact) mass is 694 g/mol. The SMILES string of the molecule is CCCC(=O)Oc1ccc(OCC2CCC(CCCCC(=O)CCCC[C@H]3CC[C@H](COc4ccc(OC(=O)CCC)nn4)CC3)CC2)nn1. The van der Waals surface area contributed by atoms with Crippen LogP contribution < -0.4 is 18.9 Å². The number of rotatable bonds is 22. The lowest BCUT2D eigenvalue weighted by molar-refractivity contribution is -0.135. The van der Waals surface area contributed by atoms with E-state index in [1.807, 2.05) is 13.8 Å². The largest absolute Gasteiger partial charge is 0.476 e. The fourth-order valence-corrected chi connectivity index (χ4v) is 7.04. The molecule has 4 rings (SSSR count). The molecule has 11 nitrogen and oxygen atoms in total. The van der Waals surface area contributed by atoms with Crippen molar-refractivity contribution >= 4 is 17.7 Å². The van der Waals surface area contributed by atoms with Crippen LogP contribution in [0.3, 0.4) is 0 Å². The van der Waals surface area contributed by atoms with Gasteiger partial charge in [0.25, 0.3) is 0 Å². The molecule has 2 aliphatic carbocycles. The van der Waals surface area contributed by atoms with Crippen molar-refractivity contribution in [1.29, 1.82) is 0 Å². The Morgan fingerprint density at radius 2 is 0.880 bits per heavy atom. The molecule has 2 aromatic rings. The first-order valence-corrected chi connectivity index (χ1v) is 19.3. The Labute approximate surface area is 298 Å². The Bertz CT molecular complexity index is 1180. The first kappa shape index (κ1) is 39.2. The Morgan fingerprint density at radius 3 is 1.24 bits per heavy atom. The summed E-state index contributed by atoms with van der Waals surface area (Å²) in [6.07, 6.45) is 19.9. The number of carbonyl (C=O) groups is 3. The summed E-state index contributed by atoms with van der Waals surface area (Å²) in [6.45, 7) is 5.12. The van der Waals surface area contributed by atoms with Crippen molar-refractivity contribution in [3.63, 3.8) is 0 Å². The van der Waals surface area contributed by atoms with Crippen LogP contribution >= 0.6 is 0 Å². The number of ketones is 1. The van der Waals surface area contributed by atoms with Crippen LogP contribution in [0, 0.1) is 23.7 Å². The zero-order valence-corrected chi connectivity index (χ0v) is 30.3. The lowest BCUT2D eigenvalue weighted by Gasteiger charge is -2.28. The van der Waals surface area contributed by atoms with E-state index in [2.05, 4.69) is 20.4 Å². The fraction of sp³-hybridized carbons (Fsp3) is 0.718. The molecule has 0 bridgehead atoms. The van der Waals surface area contributed by atoms with Gasteiger partial charge in [0.05, 0.1) is 13.2 Å². The summed E-state index contributed by atoms with van der Waals surface area (Å²) < 4.78 is 22.0. The second-order valence-electron chi connectivity index (χ2n) is 14.3. The second-order valence-corrected chi connectivity index (χ2v) is 14.3. The molecular weight excluding hydrogens is 636 g/mol. The topological polar surface area (TPSA) is 140 Å². The van der Waals surface area contributed by atoms with Crippen molar-refractivity contribution in [1.82, 2.24) is 20.4 Å². The maximum absolute atomic E-state index is 12.5. The van der Waals surface area contributed by atoms with Crippen LogP contribution in [0.4, 0.5) is 0 Å². The molecule has 2 saturated carbocycles. The molecule has 0 aromatic carbocycles. The van der Waals surface area contributed by atoms with Crippen molar-refractivity contribution < 1.29 is 33.3 Å². The summed E-state index contributed by atoms with van der Waals surface area (Å²) in [5.41, 5.74) is 0. The molecule has 0 spiro atoms. The van der Waals surface area contributed by atoms with E-state index >= 15 is 0 Å². The minimum Gasteiger partial charge on any atom is -0.476 e. The summed E-state index contributed by atoms with van der Waals surface area (Å²) >= 11 is 0. The highest BCUT2D eigenvalue weighted by Crippen LogP contribution is 2.34. The Balaban J connectivity index is 0.950. The molecule has 2 fully saturated rings. The van der Waals surface area contributed by atoms with Gasteiger partial charge < -0.3 is 18.9 Å². The van der Waals surface area contributed by atoms with E-state index < -0.39 is 0 Å². The molecule has 2 aliphatic rings. The van der Waals surface area contributed by atoms with Gasteiger partial charge in [-0.05, 0) is 75.0 Å². The average molecular weight is 695 g/mol. The van der Waals surface area contributed by atoms with E-state index in [1.165, 1.54) is 38.5 Å². The summed E-state index contributed by atoms with van der Waals surface area (Å²) in [5.74, 6) is 3.72. The summed E-state index contributed by atoms with van der Waals surface area (Å²) in [6, 6.07) is 6.66. The fourth-order valence-electron chi connectivity index (χ4n) is 7.04. The normalized spacial score (nSPS) is 20.5. The summed E-state index contributed by atoms with van der Waals surface area (Å²) in [4.78, 5) is 35.7. The smallest absolute Gasteiger partial charge is 0.312 e. The van der Waals surface area contributed by atoms with Crippen LogP contribution in [-0.2, 0) is 14.4 Å². The van der Waals surface area contributed by atoms with E-state index in [0.717, 1.165) is 88.9 Å². The predicted octanol–water partition coefficient (Wildman–Crippen LogP) is 8.44. The van der Waals surface area contributed by atoms with Crippen molar-refractivity contribution in [2.24, 2.45) is 23.7 Å². The average Bonchev–Trinajstić information content (AvgIpc) is 3.12. The third-order valence-electron chi connectivity index (χ3n) is 10.1. The van der Waals surface area contributed by atoms with Crippen LogP contribution in [-0.4, -0.2) is 51.3 Å². The zero-order valence-electron chi connectivity index (χ0n) is 30.3. The van der Waals surface area contributed by atoms with Gasteiger partial charge in [-0.2, -0.15) is 0 Å². The second kappa shape index (κ2) is 22.2. The lowest BCUT2D eigenvalue weighted by Crippen LogP contribution is -2.20. The van der Waals surface area contributed by atoms with Crippen LogP contribution in [0.25, 0.3) is 0 Å². The highest BCUT2D eigenvalue weighted by atomic mass is 16.5.